The fourth-order valence-corrected chi connectivity index (χ4v) is 3.28. The molecule has 1 atom stereocenters. The number of carbonyl (C=O) groups is 1. The van der Waals surface area contributed by atoms with Crippen molar-refractivity contribution in [3.63, 3.8) is 0 Å². The fraction of sp³-hybridized carbons (Fsp3) is 0.933. The van der Waals surface area contributed by atoms with Crippen LogP contribution in [-0.2, 0) is 4.79 Å². The van der Waals surface area contributed by atoms with Crippen molar-refractivity contribution in [2.24, 2.45) is 5.92 Å². The number of hydrogen-bond donors (Lipinski definition) is 1. The summed E-state index contributed by atoms with van der Waals surface area (Å²) in [6.07, 6.45) is 4.96. The van der Waals surface area contributed by atoms with E-state index in [4.69, 9.17) is 0 Å². The number of hydrogen-bond acceptors (Lipinski definition) is 3. The van der Waals surface area contributed by atoms with E-state index < -0.39 is 0 Å². The van der Waals surface area contributed by atoms with Gasteiger partial charge in [0.05, 0.1) is 5.75 Å². The molecule has 1 amide bonds. The average molecular weight is 284 g/mol. The highest BCUT2D eigenvalue weighted by Gasteiger charge is 2.34. The van der Waals surface area contributed by atoms with Crippen molar-refractivity contribution in [1.82, 2.24) is 10.2 Å². The molecule has 0 aromatic heterocycles. The number of amides is 1. The zero-order valence-electron chi connectivity index (χ0n) is 12.6. The van der Waals surface area contributed by atoms with Gasteiger partial charge in [0.25, 0.3) is 0 Å². The smallest absolute Gasteiger partial charge is 0.232 e. The maximum absolute atomic E-state index is 12.4. The van der Waals surface area contributed by atoms with Gasteiger partial charge in [0.15, 0.2) is 0 Å². The zero-order valence-corrected chi connectivity index (χ0v) is 13.4. The summed E-state index contributed by atoms with van der Waals surface area (Å²) >= 11 is 1.77. The summed E-state index contributed by atoms with van der Waals surface area (Å²) in [5.74, 6) is 1.66. The van der Waals surface area contributed by atoms with E-state index in [1.165, 1.54) is 25.7 Å². The molecule has 1 saturated carbocycles. The Kier molecular flexibility index (Phi) is 5.18. The Balaban J connectivity index is 1.82. The van der Waals surface area contributed by atoms with E-state index in [1.54, 1.807) is 11.8 Å². The average Bonchev–Trinajstić information content (AvgIpc) is 3.18. The second-order valence-electron chi connectivity index (χ2n) is 6.89. The van der Waals surface area contributed by atoms with Crippen LogP contribution in [-0.4, -0.2) is 47.0 Å². The highest BCUT2D eigenvalue weighted by Crippen LogP contribution is 2.30. The Morgan fingerprint density at radius 3 is 2.58 bits per heavy atom. The van der Waals surface area contributed by atoms with Crippen LogP contribution in [0.1, 0.15) is 46.5 Å². The van der Waals surface area contributed by atoms with Gasteiger partial charge in [0.1, 0.15) is 0 Å². The Morgan fingerprint density at radius 1 is 1.32 bits per heavy atom. The molecule has 2 fully saturated rings. The molecule has 0 aromatic carbocycles. The quantitative estimate of drug-likeness (QED) is 0.842. The van der Waals surface area contributed by atoms with Crippen LogP contribution in [0.15, 0.2) is 0 Å². The third kappa shape index (κ3) is 5.35. The van der Waals surface area contributed by atoms with Crippen molar-refractivity contribution in [3.8, 4) is 0 Å². The molecule has 3 nitrogen and oxygen atoms in total. The molecular weight excluding hydrogens is 256 g/mol. The molecule has 0 bridgehead atoms. The molecule has 1 aliphatic heterocycles. The topological polar surface area (TPSA) is 32.3 Å². The second kappa shape index (κ2) is 6.49. The maximum Gasteiger partial charge on any atom is 0.232 e. The van der Waals surface area contributed by atoms with Gasteiger partial charge in [0.2, 0.25) is 5.91 Å². The standard InChI is InChI=1S/C15H28N2OS/c1-15(2,3)19-11-14(18)17(13-6-7-13)10-12-5-4-8-16-9-12/h12-13,16H,4-11H2,1-3H3. The number of nitrogens with zero attached hydrogens (tertiary/aromatic N) is 1. The Labute approximate surface area is 121 Å². The molecule has 2 rings (SSSR count). The van der Waals surface area contributed by atoms with Gasteiger partial charge < -0.3 is 10.2 Å². The second-order valence-corrected chi connectivity index (χ2v) is 8.69. The molecule has 110 valence electrons. The van der Waals surface area contributed by atoms with Gasteiger partial charge in [-0.2, -0.15) is 0 Å². The lowest BCUT2D eigenvalue weighted by Crippen LogP contribution is -2.43. The number of piperidine rings is 1. The van der Waals surface area contributed by atoms with Crippen LogP contribution in [0.25, 0.3) is 0 Å². The van der Waals surface area contributed by atoms with Gasteiger partial charge in [-0.15, -0.1) is 11.8 Å². The first kappa shape index (κ1) is 15.2. The summed E-state index contributed by atoms with van der Waals surface area (Å²) in [4.78, 5) is 14.6. The third-order valence-corrected chi connectivity index (χ3v) is 5.05. The zero-order chi connectivity index (χ0) is 13.9. The highest BCUT2D eigenvalue weighted by atomic mass is 32.2. The van der Waals surface area contributed by atoms with Gasteiger partial charge >= 0.3 is 0 Å². The minimum atomic E-state index is 0.178. The van der Waals surface area contributed by atoms with E-state index in [-0.39, 0.29) is 4.75 Å². The lowest BCUT2D eigenvalue weighted by Gasteiger charge is -2.31. The van der Waals surface area contributed by atoms with Crippen LogP contribution >= 0.6 is 11.8 Å². The van der Waals surface area contributed by atoms with E-state index in [0.717, 1.165) is 19.6 Å². The van der Waals surface area contributed by atoms with Crippen molar-refractivity contribution in [1.29, 1.82) is 0 Å². The molecule has 0 aromatic rings. The fourth-order valence-electron chi connectivity index (χ4n) is 2.56. The minimum absolute atomic E-state index is 0.178. The summed E-state index contributed by atoms with van der Waals surface area (Å²) < 4.78 is 0.178. The van der Waals surface area contributed by atoms with Crippen molar-refractivity contribution < 1.29 is 4.79 Å². The van der Waals surface area contributed by atoms with Crippen LogP contribution in [0.4, 0.5) is 0 Å². The Hall–Kier alpha value is -0.220. The summed E-state index contributed by atoms with van der Waals surface area (Å²) in [6, 6.07) is 0.551. The third-order valence-electron chi connectivity index (χ3n) is 3.79. The van der Waals surface area contributed by atoms with Crippen LogP contribution in [0.5, 0.6) is 0 Å². The summed E-state index contributed by atoms with van der Waals surface area (Å²) in [7, 11) is 0. The summed E-state index contributed by atoms with van der Waals surface area (Å²) in [5, 5.41) is 3.45. The summed E-state index contributed by atoms with van der Waals surface area (Å²) in [5.41, 5.74) is 0. The predicted molar refractivity (Wildman–Crippen MR) is 82.5 cm³/mol. The Bertz CT molecular complexity index is 304. The largest absolute Gasteiger partial charge is 0.339 e. The molecular formula is C15H28N2OS. The predicted octanol–water partition coefficient (Wildman–Crippen LogP) is 2.51. The lowest BCUT2D eigenvalue weighted by atomic mass is 9.99. The van der Waals surface area contributed by atoms with E-state index in [2.05, 4.69) is 31.0 Å². The molecule has 19 heavy (non-hydrogen) atoms. The SMILES string of the molecule is CC(C)(C)SCC(=O)N(CC1CCCNC1)C1CC1. The van der Waals surface area contributed by atoms with Gasteiger partial charge in [-0.25, -0.2) is 0 Å². The van der Waals surface area contributed by atoms with Crippen molar-refractivity contribution >= 4 is 17.7 Å². The van der Waals surface area contributed by atoms with Crippen LogP contribution in [0, 0.1) is 5.92 Å². The summed E-state index contributed by atoms with van der Waals surface area (Å²) in [6.45, 7) is 9.74. The number of carbonyl (C=O) groups excluding carboxylic acids is 1. The number of rotatable bonds is 5. The monoisotopic (exact) mass is 284 g/mol. The van der Waals surface area contributed by atoms with Crippen LogP contribution in [0.2, 0.25) is 0 Å². The normalized spacial score (nSPS) is 24.3. The van der Waals surface area contributed by atoms with E-state index >= 15 is 0 Å². The van der Waals surface area contributed by atoms with Gasteiger partial charge in [0, 0.05) is 17.3 Å². The maximum atomic E-state index is 12.4. The van der Waals surface area contributed by atoms with E-state index in [9.17, 15) is 4.79 Å². The van der Waals surface area contributed by atoms with Gasteiger partial charge in [-0.1, -0.05) is 20.8 Å². The van der Waals surface area contributed by atoms with Crippen LogP contribution < -0.4 is 5.32 Å². The molecule has 2 aliphatic rings. The van der Waals surface area contributed by atoms with E-state index in [1.807, 2.05) is 0 Å². The molecule has 0 radical (unpaired) electrons. The van der Waals surface area contributed by atoms with Crippen molar-refractivity contribution in [2.75, 3.05) is 25.4 Å². The van der Waals surface area contributed by atoms with E-state index in [0.29, 0.717) is 23.6 Å². The molecule has 0 spiro atoms. The number of thioether (sulfide) groups is 1. The molecule has 1 saturated heterocycles. The first-order chi connectivity index (χ1) is 8.96. The van der Waals surface area contributed by atoms with Crippen molar-refractivity contribution in [2.45, 2.75) is 57.2 Å². The molecule has 1 aliphatic carbocycles. The minimum Gasteiger partial charge on any atom is -0.339 e. The van der Waals surface area contributed by atoms with Crippen molar-refractivity contribution in [3.05, 3.63) is 0 Å². The van der Waals surface area contributed by atoms with Gasteiger partial charge in [-0.05, 0) is 44.7 Å². The molecule has 1 N–H and O–H groups in total. The molecule has 1 unspecified atom stereocenters. The van der Waals surface area contributed by atoms with Crippen LogP contribution in [0.3, 0.4) is 0 Å². The Morgan fingerprint density at radius 2 is 2.05 bits per heavy atom. The lowest BCUT2D eigenvalue weighted by molar-refractivity contribution is -0.129. The molecule has 1 heterocycles. The first-order valence-electron chi connectivity index (χ1n) is 7.60. The number of nitrogens with one attached hydrogen (secondary N) is 1. The first-order valence-corrected chi connectivity index (χ1v) is 8.58. The van der Waals surface area contributed by atoms with Gasteiger partial charge in [-0.3, -0.25) is 4.79 Å². The highest BCUT2D eigenvalue weighted by molar-refractivity contribution is 8.01. The molecule has 4 heteroatoms.